The number of aromatic amines is 1. The van der Waals surface area contributed by atoms with Crippen molar-refractivity contribution in [2.75, 3.05) is 31.1 Å². The molecule has 0 bridgehead atoms. The average Bonchev–Trinajstić information content (AvgIpc) is 3.61. The smallest absolute Gasteiger partial charge is 0.253 e. The Kier molecular flexibility index (Phi) is 6.05. The summed E-state index contributed by atoms with van der Waals surface area (Å²) in [7, 11) is 0. The molecule has 0 spiro atoms. The number of fused-ring (bicyclic) bond motifs is 1. The van der Waals surface area contributed by atoms with Crippen molar-refractivity contribution in [3.8, 4) is 0 Å². The Bertz CT molecular complexity index is 1410. The molecule has 2 fully saturated rings. The Labute approximate surface area is 210 Å². The van der Waals surface area contributed by atoms with Crippen molar-refractivity contribution >= 4 is 16.6 Å². The SMILES string of the molecule is Cc1ccc2cc(C(c3nnnn3C3CCCC3)N3CCN(c4ccccc4)CC3)c(=O)[nH]c2c1C. The Morgan fingerprint density at radius 3 is 2.47 bits per heavy atom. The minimum atomic E-state index is -0.298. The minimum Gasteiger partial charge on any atom is -0.369 e. The molecule has 2 aromatic carbocycles. The second-order valence-electron chi connectivity index (χ2n) is 10.2. The largest absolute Gasteiger partial charge is 0.369 e. The maximum absolute atomic E-state index is 13.6. The van der Waals surface area contributed by atoms with Gasteiger partial charge in [-0.25, -0.2) is 4.68 Å². The summed E-state index contributed by atoms with van der Waals surface area (Å²) in [6.45, 7) is 7.55. The fourth-order valence-corrected chi connectivity index (χ4v) is 5.91. The first-order chi connectivity index (χ1) is 17.6. The summed E-state index contributed by atoms with van der Waals surface area (Å²) in [5.74, 6) is 0.781. The number of aromatic nitrogens is 5. The molecule has 0 amide bonds. The zero-order valence-corrected chi connectivity index (χ0v) is 21.0. The van der Waals surface area contributed by atoms with Gasteiger partial charge in [-0.1, -0.05) is 43.2 Å². The fraction of sp³-hybridized carbons (Fsp3) is 0.429. The van der Waals surface area contributed by atoms with Gasteiger partial charge in [0.1, 0.15) is 6.04 Å². The summed E-state index contributed by atoms with van der Waals surface area (Å²) < 4.78 is 2.01. The van der Waals surface area contributed by atoms with Gasteiger partial charge in [0.15, 0.2) is 5.82 Å². The normalized spacial score (nSPS) is 18.2. The molecule has 6 rings (SSSR count). The third kappa shape index (κ3) is 4.09. The molecular formula is C28H33N7O. The van der Waals surface area contributed by atoms with Crippen LogP contribution in [-0.4, -0.2) is 56.3 Å². The number of nitrogens with zero attached hydrogens (tertiary/aromatic N) is 6. The number of tetrazole rings is 1. The van der Waals surface area contributed by atoms with Gasteiger partial charge in [-0.3, -0.25) is 9.69 Å². The standard InChI is InChI=1S/C28H33N7O/c1-19-12-13-21-18-24(28(36)29-25(21)20(19)2)26(27-30-31-32-35(27)23-10-6-7-11-23)34-16-14-33(15-17-34)22-8-4-3-5-9-22/h3-5,8-9,12-13,18,23,26H,6-7,10-11,14-17H2,1-2H3,(H,29,36). The number of benzene rings is 2. The molecule has 8 heteroatoms. The molecule has 1 saturated heterocycles. The third-order valence-corrected chi connectivity index (χ3v) is 8.11. The molecule has 4 aromatic rings. The van der Waals surface area contributed by atoms with Crippen LogP contribution in [0.4, 0.5) is 5.69 Å². The van der Waals surface area contributed by atoms with Crippen LogP contribution in [0.25, 0.3) is 10.9 Å². The number of piperazine rings is 1. The molecule has 1 aliphatic heterocycles. The van der Waals surface area contributed by atoms with Crippen molar-refractivity contribution in [1.82, 2.24) is 30.1 Å². The first-order valence-corrected chi connectivity index (χ1v) is 13.0. The Balaban J connectivity index is 1.41. The predicted octanol–water partition coefficient (Wildman–Crippen LogP) is 4.16. The molecule has 1 N–H and O–H groups in total. The van der Waals surface area contributed by atoms with E-state index in [2.05, 4.69) is 86.6 Å². The number of anilines is 1. The van der Waals surface area contributed by atoms with E-state index >= 15 is 0 Å². The summed E-state index contributed by atoms with van der Waals surface area (Å²) in [6, 6.07) is 16.8. The van der Waals surface area contributed by atoms with Gasteiger partial charge in [0, 0.05) is 37.4 Å². The molecule has 0 radical (unpaired) electrons. The molecule has 3 heterocycles. The highest BCUT2D eigenvalue weighted by Gasteiger charge is 2.34. The fourth-order valence-electron chi connectivity index (χ4n) is 5.91. The highest BCUT2D eigenvalue weighted by molar-refractivity contribution is 5.83. The first kappa shape index (κ1) is 22.9. The molecule has 2 aliphatic rings. The van der Waals surface area contributed by atoms with Crippen LogP contribution in [0.3, 0.4) is 0 Å². The lowest BCUT2D eigenvalue weighted by molar-refractivity contribution is 0.197. The Hall–Kier alpha value is -3.52. The van der Waals surface area contributed by atoms with E-state index in [1.54, 1.807) is 0 Å². The maximum Gasteiger partial charge on any atom is 0.253 e. The third-order valence-electron chi connectivity index (χ3n) is 8.11. The van der Waals surface area contributed by atoms with Gasteiger partial charge < -0.3 is 9.88 Å². The number of para-hydroxylation sites is 1. The number of hydrogen-bond donors (Lipinski definition) is 1. The summed E-state index contributed by atoms with van der Waals surface area (Å²) >= 11 is 0. The highest BCUT2D eigenvalue weighted by atomic mass is 16.1. The van der Waals surface area contributed by atoms with Crippen LogP contribution in [0, 0.1) is 13.8 Å². The van der Waals surface area contributed by atoms with Crippen LogP contribution >= 0.6 is 0 Å². The maximum atomic E-state index is 13.6. The van der Waals surface area contributed by atoms with Gasteiger partial charge in [-0.2, -0.15) is 0 Å². The van der Waals surface area contributed by atoms with Crippen LogP contribution in [0.5, 0.6) is 0 Å². The quantitative estimate of drug-likeness (QED) is 0.459. The molecule has 1 saturated carbocycles. The highest BCUT2D eigenvalue weighted by Crippen LogP contribution is 2.34. The van der Waals surface area contributed by atoms with Crippen molar-refractivity contribution in [1.29, 1.82) is 0 Å². The Morgan fingerprint density at radius 1 is 0.972 bits per heavy atom. The monoisotopic (exact) mass is 483 g/mol. The number of pyridine rings is 1. The van der Waals surface area contributed by atoms with E-state index in [0.717, 1.165) is 61.3 Å². The number of nitrogens with one attached hydrogen (secondary N) is 1. The lowest BCUT2D eigenvalue weighted by Gasteiger charge is -2.39. The molecule has 186 valence electrons. The van der Waals surface area contributed by atoms with Gasteiger partial charge in [0.2, 0.25) is 0 Å². The lowest BCUT2D eigenvalue weighted by atomic mass is 9.99. The summed E-state index contributed by atoms with van der Waals surface area (Å²) in [4.78, 5) is 21.6. The second-order valence-corrected chi connectivity index (χ2v) is 10.2. The molecule has 36 heavy (non-hydrogen) atoms. The second kappa shape index (κ2) is 9.50. The number of aryl methyl sites for hydroxylation is 2. The van der Waals surface area contributed by atoms with Crippen LogP contribution < -0.4 is 10.5 Å². The lowest BCUT2D eigenvalue weighted by Crippen LogP contribution is -2.49. The van der Waals surface area contributed by atoms with Crippen LogP contribution in [0.15, 0.2) is 53.3 Å². The van der Waals surface area contributed by atoms with Crippen molar-refractivity contribution in [3.63, 3.8) is 0 Å². The molecule has 1 atom stereocenters. The van der Waals surface area contributed by atoms with Gasteiger partial charge in [-0.05, 0) is 71.8 Å². The molecule has 1 aliphatic carbocycles. The van der Waals surface area contributed by atoms with Crippen molar-refractivity contribution in [2.45, 2.75) is 51.6 Å². The average molecular weight is 484 g/mol. The van der Waals surface area contributed by atoms with Crippen LogP contribution in [0.1, 0.15) is 60.3 Å². The van der Waals surface area contributed by atoms with Crippen LogP contribution in [0.2, 0.25) is 0 Å². The zero-order valence-electron chi connectivity index (χ0n) is 21.0. The van der Waals surface area contributed by atoms with Gasteiger partial charge in [-0.15, -0.1) is 5.10 Å². The van der Waals surface area contributed by atoms with Crippen LogP contribution in [-0.2, 0) is 0 Å². The van der Waals surface area contributed by atoms with E-state index in [1.807, 2.05) is 10.7 Å². The zero-order chi connectivity index (χ0) is 24.6. The van der Waals surface area contributed by atoms with Crippen molar-refractivity contribution in [2.24, 2.45) is 0 Å². The molecule has 1 unspecified atom stereocenters. The van der Waals surface area contributed by atoms with Crippen molar-refractivity contribution in [3.05, 3.63) is 81.4 Å². The molecule has 2 aromatic heterocycles. The minimum absolute atomic E-state index is 0.0624. The first-order valence-electron chi connectivity index (χ1n) is 13.0. The summed E-state index contributed by atoms with van der Waals surface area (Å²) in [5, 5.41) is 14.1. The number of H-pyrrole nitrogens is 1. The van der Waals surface area contributed by atoms with Crippen molar-refractivity contribution < 1.29 is 0 Å². The molecular weight excluding hydrogens is 450 g/mol. The number of rotatable bonds is 5. The van der Waals surface area contributed by atoms with Gasteiger partial charge in [0.05, 0.1) is 11.6 Å². The van der Waals surface area contributed by atoms with E-state index in [0.29, 0.717) is 11.6 Å². The number of hydrogen-bond acceptors (Lipinski definition) is 6. The molecule has 8 nitrogen and oxygen atoms in total. The van der Waals surface area contributed by atoms with E-state index in [-0.39, 0.29) is 11.6 Å². The van der Waals surface area contributed by atoms with E-state index in [4.69, 9.17) is 0 Å². The Morgan fingerprint density at radius 2 is 1.72 bits per heavy atom. The van der Waals surface area contributed by atoms with E-state index in [1.165, 1.54) is 24.1 Å². The predicted molar refractivity (Wildman–Crippen MR) is 141 cm³/mol. The summed E-state index contributed by atoms with van der Waals surface area (Å²) in [6.07, 6.45) is 4.55. The van der Waals surface area contributed by atoms with E-state index < -0.39 is 0 Å². The van der Waals surface area contributed by atoms with Gasteiger partial charge >= 0.3 is 0 Å². The summed E-state index contributed by atoms with van der Waals surface area (Å²) in [5.41, 5.74) is 5.08. The van der Waals surface area contributed by atoms with E-state index in [9.17, 15) is 4.79 Å². The van der Waals surface area contributed by atoms with Gasteiger partial charge in [0.25, 0.3) is 5.56 Å². The topological polar surface area (TPSA) is 82.9 Å².